The molecule has 1 saturated carbocycles. The molecule has 5 nitrogen and oxygen atoms in total. The SMILES string of the molecule is CN(C)c1nc(Cl)c(CN2CCN(C3CCCC3)C(CCO)C2)s1. The average molecular weight is 373 g/mol. The largest absolute Gasteiger partial charge is 0.396 e. The summed E-state index contributed by atoms with van der Waals surface area (Å²) in [5.41, 5.74) is 0. The van der Waals surface area contributed by atoms with Gasteiger partial charge in [-0.15, -0.1) is 0 Å². The van der Waals surface area contributed by atoms with Gasteiger partial charge in [-0.25, -0.2) is 4.98 Å². The zero-order valence-electron chi connectivity index (χ0n) is 14.7. The van der Waals surface area contributed by atoms with E-state index >= 15 is 0 Å². The summed E-state index contributed by atoms with van der Waals surface area (Å²) in [6, 6.07) is 1.20. The molecule has 1 aliphatic heterocycles. The molecular weight excluding hydrogens is 344 g/mol. The Balaban J connectivity index is 1.63. The summed E-state index contributed by atoms with van der Waals surface area (Å²) in [4.78, 5) is 12.7. The Bertz CT molecular complexity index is 533. The fraction of sp³-hybridized carbons (Fsp3) is 0.824. The minimum absolute atomic E-state index is 0.272. The first-order valence-electron chi connectivity index (χ1n) is 9.00. The fourth-order valence-corrected chi connectivity index (χ4v) is 5.24. The molecule has 1 saturated heterocycles. The van der Waals surface area contributed by atoms with Gasteiger partial charge in [0.05, 0.1) is 4.88 Å². The number of piperazine rings is 1. The maximum atomic E-state index is 9.48. The van der Waals surface area contributed by atoms with Crippen LogP contribution >= 0.6 is 22.9 Å². The molecule has 1 aliphatic carbocycles. The van der Waals surface area contributed by atoms with Crippen molar-refractivity contribution in [3.05, 3.63) is 10.0 Å². The van der Waals surface area contributed by atoms with E-state index in [9.17, 15) is 5.11 Å². The van der Waals surface area contributed by atoms with Crippen LogP contribution in [0.2, 0.25) is 5.15 Å². The lowest BCUT2D eigenvalue weighted by Gasteiger charge is -2.44. The van der Waals surface area contributed by atoms with Crippen molar-refractivity contribution >= 4 is 28.1 Å². The summed E-state index contributed by atoms with van der Waals surface area (Å²) in [6.45, 7) is 4.33. The molecule has 2 heterocycles. The third kappa shape index (κ3) is 4.22. The van der Waals surface area contributed by atoms with Crippen LogP contribution in [-0.4, -0.2) is 72.3 Å². The van der Waals surface area contributed by atoms with Crippen LogP contribution in [-0.2, 0) is 6.54 Å². The van der Waals surface area contributed by atoms with Crippen LogP contribution in [0.5, 0.6) is 0 Å². The lowest BCUT2D eigenvalue weighted by Crippen LogP contribution is -2.55. The van der Waals surface area contributed by atoms with Gasteiger partial charge in [-0.1, -0.05) is 35.8 Å². The fourth-order valence-electron chi connectivity index (χ4n) is 4.01. The van der Waals surface area contributed by atoms with Crippen LogP contribution in [0.4, 0.5) is 5.13 Å². The van der Waals surface area contributed by atoms with Crippen molar-refractivity contribution < 1.29 is 5.11 Å². The van der Waals surface area contributed by atoms with E-state index < -0.39 is 0 Å². The molecule has 1 aromatic heterocycles. The Morgan fingerprint density at radius 3 is 2.67 bits per heavy atom. The van der Waals surface area contributed by atoms with E-state index in [0.29, 0.717) is 11.2 Å². The number of hydrogen-bond donors (Lipinski definition) is 1. The quantitative estimate of drug-likeness (QED) is 0.831. The third-order valence-electron chi connectivity index (χ3n) is 5.26. The molecule has 1 aromatic rings. The zero-order chi connectivity index (χ0) is 17.1. The Hall–Kier alpha value is -0.400. The molecule has 0 spiro atoms. The van der Waals surface area contributed by atoms with Crippen LogP contribution in [0.1, 0.15) is 37.0 Å². The van der Waals surface area contributed by atoms with E-state index in [1.54, 1.807) is 11.3 Å². The topological polar surface area (TPSA) is 42.8 Å². The number of aromatic nitrogens is 1. The van der Waals surface area contributed by atoms with E-state index in [2.05, 4.69) is 14.8 Å². The number of rotatable bonds is 6. The molecule has 0 bridgehead atoms. The lowest BCUT2D eigenvalue weighted by molar-refractivity contribution is 0.0271. The van der Waals surface area contributed by atoms with Gasteiger partial charge in [-0.05, 0) is 19.3 Å². The molecule has 136 valence electrons. The van der Waals surface area contributed by atoms with Gasteiger partial charge in [-0.2, -0.15) is 0 Å². The van der Waals surface area contributed by atoms with Crippen molar-refractivity contribution in [3.63, 3.8) is 0 Å². The van der Waals surface area contributed by atoms with E-state index in [-0.39, 0.29) is 6.61 Å². The van der Waals surface area contributed by atoms with Crippen LogP contribution in [0.3, 0.4) is 0 Å². The Kier molecular flexibility index (Phi) is 6.38. The molecular formula is C17H29ClN4OS. The van der Waals surface area contributed by atoms with Crippen LogP contribution in [0, 0.1) is 0 Å². The molecule has 7 heteroatoms. The van der Waals surface area contributed by atoms with E-state index in [0.717, 1.165) is 48.7 Å². The van der Waals surface area contributed by atoms with Crippen molar-refractivity contribution in [2.75, 3.05) is 45.2 Å². The molecule has 2 fully saturated rings. The summed E-state index contributed by atoms with van der Waals surface area (Å²) in [5.74, 6) is 0. The molecule has 0 amide bonds. The smallest absolute Gasteiger partial charge is 0.186 e. The average Bonchev–Trinajstić information content (AvgIpc) is 3.19. The lowest BCUT2D eigenvalue weighted by atomic mass is 10.0. The predicted octanol–water partition coefficient (Wildman–Crippen LogP) is 2.67. The summed E-state index contributed by atoms with van der Waals surface area (Å²) in [7, 11) is 3.99. The molecule has 0 radical (unpaired) electrons. The first-order chi connectivity index (χ1) is 11.6. The number of hydrogen-bond acceptors (Lipinski definition) is 6. The van der Waals surface area contributed by atoms with E-state index in [1.165, 1.54) is 25.7 Å². The first kappa shape index (κ1) is 18.4. The predicted molar refractivity (Wildman–Crippen MR) is 101 cm³/mol. The zero-order valence-corrected chi connectivity index (χ0v) is 16.3. The second-order valence-electron chi connectivity index (χ2n) is 7.18. The number of nitrogens with zero attached hydrogens (tertiary/aromatic N) is 4. The summed E-state index contributed by atoms with van der Waals surface area (Å²) < 4.78 is 0. The van der Waals surface area contributed by atoms with Gasteiger partial charge in [0.1, 0.15) is 5.15 Å². The normalized spacial score (nSPS) is 23.9. The van der Waals surface area contributed by atoms with Crippen LogP contribution in [0.25, 0.3) is 0 Å². The van der Waals surface area contributed by atoms with Crippen LogP contribution in [0.15, 0.2) is 0 Å². The van der Waals surface area contributed by atoms with Crippen molar-refractivity contribution in [2.24, 2.45) is 0 Å². The van der Waals surface area contributed by atoms with Gasteiger partial charge >= 0.3 is 0 Å². The molecule has 0 aromatic carbocycles. The highest BCUT2D eigenvalue weighted by Gasteiger charge is 2.33. The summed E-state index contributed by atoms with van der Waals surface area (Å²) in [5, 5.41) is 11.1. The Morgan fingerprint density at radius 2 is 2.04 bits per heavy atom. The number of halogens is 1. The second-order valence-corrected chi connectivity index (χ2v) is 8.60. The van der Waals surface area contributed by atoms with Gasteiger partial charge in [-0.3, -0.25) is 9.80 Å². The maximum Gasteiger partial charge on any atom is 0.186 e. The molecule has 1 unspecified atom stereocenters. The Labute approximate surface area is 154 Å². The highest BCUT2D eigenvalue weighted by Crippen LogP contribution is 2.32. The number of aliphatic hydroxyl groups excluding tert-OH is 1. The van der Waals surface area contributed by atoms with Gasteiger partial charge in [0.15, 0.2) is 5.13 Å². The molecule has 1 atom stereocenters. The third-order valence-corrected chi connectivity index (χ3v) is 6.89. The van der Waals surface area contributed by atoms with Crippen molar-refractivity contribution in [2.45, 2.75) is 50.7 Å². The van der Waals surface area contributed by atoms with Gasteiger partial charge in [0, 0.05) is 59.0 Å². The molecule has 2 aliphatic rings. The van der Waals surface area contributed by atoms with Gasteiger partial charge in [0.25, 0.3) is 0 Å². The Morgan fingerprint density at radius 1 is 1.29 bits per heavy atom. The monoisotopic (exact) mass is 372 g/mol. The van der Waals surface area contributed by atoms with Gasteiger partial charge in [0.2, 0.25) is 0 Å². The molecule has 1 N–H and O–H groups in total. The molecule has 24 heavy (non-hydrogen) atoms. The van der Waals surface area contributed by atoms with Crippen molar-refractivity contribution in [3.8, 4) is 0 Å². The summed E-state index contributed by atoms with van der Waals surface area (Å²) in [6.07, 6.45) is 6.25. The highest BCUT2D eigenvalue weighted by molar-refractivity contribution is 7.16. The number of aliphatic hydroxyl groups is 1. The summed E-state index contributed by atoms with van der Waals surface area (Å²) >= 11 is 8.01. The second kappa shape index (κ2) is 8.32. The van der Waals surface area contributed by atoms with E-state index in [4.69, 9.17) is 11.6 Å². The number of thiazole rings is 1. The molecule has 3 rings (SSSR count). The first-order valence-corrected chi connectivity index (χ1v) is 10.2. The number of anilines is 1. The van der Waals surface area contributed by atoms with Crippen molar-refractivity contribution in [1.29, 1.82) is 0 Å². The maximum absolute atomic E-state index is 9.48. The highest BCUT2D eigenvalue weighted by atomic mass is 35.5. The van der Waals surface area contributed by atoms with Gasteiger partial charge < -0.3 is 10.0 Å². The van der Waals surface area contributed by atoms with Crippen molar-refractivity contribution in [1.82, 2.24) is 14.8 Å². The minimum atomic E-state index is 0.272. The van der Waals surface area contributed by atoms with Crippen LogP contribution < -0.4 is 4.90 Å². The standard InChI is InChI=1S/C17H29ClN4OS/c1-20(2)17-19-16(18)15(24-17)12-21-8-9-22(13-5-3-4-6-13)14(11-21)7-10-23/h13-14,23H,3-12H2,1-2H3. The van der Waals surface area contributed by atoms with E-state index in [1.807, 2.05) is 19.0 Å². The minimum Gasteiger partial charge on any atom is -0.396 e.